The minimum absolute atomic E-state index is 0. The average Bonchev–Trinajstić information content (AvgIpc) is 3.16. The molecule has 154 valence electrons. The van der Waals surface area contributed by atoms with Gasteiger partial charge in [0.2, 0.25) is 5.96 Å². The molecule has 0 saturated carbocycles. The fourth-order valence-electron chi connectivity index (χ4n) is 3.29. The third-order valence-electron chi connectivity index (χ3n) is 4.81. The number of guanidine groups is 1. The summed E-state index contributed by atoms with van der Waals surface area (Å²) in [5, 5.41) is 7.52. The predicted molar refractivity (Wildman–Crippen MR) is 120 cm³/mol. The number of nitrogens with zero attached hydrogens (tertiary/aromatic N) is 3. The summed E-state index contributed by atoms with van der Waals surface area (Å²) >= 11 is 0. The first-order valence-electron chi connectivity index (χ1n) is 9.15. The van der Waals surface area contributed by atoms with Gasteiger partial charge in [0.15, 0.2) is 0 Å². The topological polar surface area (TPSA) is 95.0 Å². The zero-order chi connectivity index (χ0) is 20.1. The van der Waals surface area contributed by atoms with E-state index in [9.17, 15) is 4.79 Å². The Balaban J connectivity index is 0.00000300. The maximum atomic E-state index is 11.3. The van der Waals surface area contributed by atoms with E-state index in [1.807, 2.05) is 36.4 Å². The summed E-state index contributed by atoms with van der Waals surface area (Å²) in [5.41, 5.74) is 9.42. The number of anilines is 2. The number of methoxy groups -OCH3 is 1. The van der Waals surface area contributed by atoms with Crippen LogP contribution in [0.4, 0.5) is 11.4 Å². The van der Waals surface area contributed by atoms with Crippen molar-refractivity contribution >= 4 is 41.5 Å². The lowest BCUT2D eigenvalue weighted by atomic mass is 10.1. The molecule has 0 radical (unpaired) electrons. The predicted octanol–water partition coefficient (Wildman–Crippen LogP) is 2.81. The minimum atomic E-state index is -0.199. The summed E-state index contributed by atoms with van der Waals surface area (Å²) in [5.74, 6) is 0.736. The molecule has 8 heteroatoms. The Morgan fingerprint density at radius 3 is 2.03 bits per heavy atom. The molecule has 0 amide bonds. The molecule has 1 heterocycles. The van der Waals surface area contributed by atoms with Crippen molar-refractivity contribution in [3.8, 4) is 0 Å². The highest BCUT2D eigenvalue weighted by atomic mass is 35.5. The lowest BCUT2D eigenvalue weighted by Gasteiger charge is -2.23. The van der Waals surface area contributed by atoms with E-state index < -0.39 is 0 Å². The number of ether oxygens (including phenoxy) is 1. The van der Waals surface area contributed by atoms with Gasteiger partial charge >= 0.3 is 5.97 Å². The van der Waals surface area contributed by atoms with E-state index in [2.05, 4.69) is 26.9 Å². The molecule has 0 spiro atoms. The maximum absolute atomic E-state index is 11.3. The lowest BCUT2D eigenvalue weighted by Crippen LogP contribution is -2.33. The number of halogens is 1. The number of esters is 1. The van der Waals surface area contributed by atoms with Gasteiger partial charge in [0, 0.05) is 43.5 Å². The number of benzene rings is 2. The van der Waals surface area contributed by atoms with Crippen LogP contribution in [0.15, 0.2) is 53.5 Å². The van der Waals surface area contributed by atoms with Crippen molar-refractivity contribution < 1.29 is 9.53 Å². The molecule has 3 N–H and O–H groups in total. The van der Waals surface area contributed by atoms with Gasteiger partial charge in [-0.05, 0) is 48.4 Å². The second-order valence-corrected chi connectivity index (χ2v) is 6.53. The molecule has 2 aromatic rings. The zero-order valence-corrected chi connectivity index (χ0v) is 17.4. The Kier molecular flexibility index (Phi) is 7.61. The summed E-state index contributed by atoms with van der Waals surface area (Å²) in [4.78, 5) is 20.1. The molecule has 7 nitrogen and oxygen atoms in total. The Labute approximate surface area is 177 Å². The van der Waals surface area contributed by atoms with E-state index in [0.717, 1.165) is 36.0 Å². The molecule has 1 aliphatic heterocycles. The number of nitrogen functional groups attached to an aromatic ring is 1. The van der Waals surface area contributed by atoms with Crippen molar-refractivity contribution in [3.05, 3.63) is 59.7 Å². The van der Waals surface area contributed by atoms with Crippen LogP contribution in [0.2, 0.25) is 0 Å². The third-order valence-corrected chi connectivity index (χ3v) is 4.81. The van der Waals surface area contributed by atoms with E-state index in [1.54, 1.807) is 7.05 Å². The number of carbonyl (C=O) groups excluding carboxylic acids is 1. The number of hydrogen-bond acceptors (Lipinski definition) is 4. The van der Waals surface area contributed by atoms with E-state index in [1.165, 1.54) is 7.11 Å². The highest BCUT2D eigenvalue weighted by molar-refractivity contribution is 6.09. The fourth-order valence-corrected chi connectivity index (χ4v) is 3.29. The molecule has 1 saturated heterocycles. The van der Waals surface area contributed by atoms with Gasteiger partial charge in [-0.25, -0.2) is 0 Å². The second-order valence-electron chi connectivity index (χ2n) is 6.53. The van der Waals surface area contributed by atoms with Crippen LogP contribution < -0.4 is 15.5 Å². The van der Waals surface area contributed by atoms with Crippen molar-refractivity contribution in [2.45, 2.75) is 12.8 Å². The minimum Gasteiger partial charge on any atom is -0.469 e. The lowest BCUT2D eigenvalue weighted by molar-refractivity contribution is -0.140. The Morgan fingerprint density at radius 2 is 1.59 bits per heavy atom. The number of nitrogens with one attached hydrogen (secondary N) is 1. The Morgan fingerprint density at radius 1 is 1.07 bits per heavy atom. The van der Waals surface area contributed by atoms with Crippen LogP contribution >= 0.6 is 12.4 Å². The van der Waals surface area contributed by atoms with Gasteiger partial charge in [-0.3, -0.25) is 15.2 Å². The molecular formula is C21H26ClN5O2. The van der Waals surface area contributed by atoms with Crippen molar-refractivity contribution in [2.75, 3.05) is 37.0 Å². The molecule has 0 bridgehead atoms. The summed E-state index contributed by atoms with van der Waals surface area (Å²) in [7, 11) is 3.19. The number of aryl methyl sites for hydroxylation is 1. The van der Waals surface area contributed by atoms with Crippen molar-refractivity contribution in [3.63, 3.8) is 0 Å². The van der Waals surface area contributed by atoms with Gasteiger partial charge in [0.05, 0.1) is 7.11 Å². The third kappa shape index (κ3) is 5.06. The van der Waals surface area contributed by atoms with Crippen LogP contribution in [-0.2, 0) is 16.0 Å². The van der Waals surface area contributed by atoms with Crippen LogP contribution in [0.1, 0.15) is 17.5 Å². The first-order valence-corrected chi connectivity index (χ1v) is 9.15. The summed E-state index contributed by atoms with van der Waals surface area (Å²) in [6, 6.07) is 15.8. The molecule has 0 aliphatic carbocycles. The molecule has 3 rings (SSSR count). The van der Waals surface area contributed by atoms with Crippen LogP contribution in [0.5, 0.6) is 0 Å². The molecule has 29 heavy (non-hydrogen) atoms. The maximum Gasteiger partial charge on any atom is 0.305 e. The molecule has 0 atom stereocenters. The highest BCUT2D eigenvalue weighted by Gasteiger charge is 2.28. The number of hydrogen-bond donors (Lipinski definition) is 2. The molecular weight excluding hydrogens is 390 g/mol. The van der Waals surface area contributed by atoms with Gasteiger partial charge in [-0.15, -0.1) is 12.4 Å². The smallest absolute Gasteiger partial charge is 0.305 e. The summed E-state index contributed by atoms with van der Waals surface area (Å²) < 4.78 is 4.69. The SMILES string of the molecule is C/N=C1\N(c2ccc(CCC(=O)OC)cc2)CCN1c1ccc(C(=N)N)cc1.Cl. The normalized spacial score (nSPS) is 14.6. The van der Waals surface area contributed by atoms with Crippen molar-refractivity contribution in [2.24, 2.45) is 10.7 Å². The van der Waals surface area contributed by atoms with Crippen LogP contribution in [0.3, 0.4) is 0 Å². The fraction of sp³-hybridized carbons (Fsp3) is 0.286. The first kappa shape index (κ1) is 22.2. The van der Waals surface area contributed by atoms with Gasteiger partial charge in [-0.2, -0.15) is 0 Å². The highest BCUT2D eigenvalue weighted by Crippen LogP contribution is 2.26. The average molecular weight is 416 g/mol. The van der Waals surface area contributed by atoms with E-state index >= 15 is 0 Å². The number of rotatable bonds is 6. The zero-order valence-electron chi connectivity index (χ0n) is 16.6. The molecule has 0 unspecified atom stereocenters. The van der Waals surface area contributed by atoms with E-state index in [-0.39, 0.29) is 24.2 Å². The standard InChI is InChI=1S/C21H25N5O2.ClH/c1-24-21-25(17-8-3-15(4-9-17)5-12-19(27)28-2)13-14-26(21)18-10-6-16(7-11-18)20(22)23;/h3-4,6-11H,5,12-14H2,1-2H3,(H3,22,23);1H/b24-21+;. The monoisotopic (exact) mass is 415 g/mol. The molecule has 1 fully saturated rings. The van der Waals surface area contributed by atoms with Crippen molar-refractivity contribution in [1.82, 2.24) is 0 Å². The first-order chi connectivity index (χ1) is 13.5. The largest absolute Gasteiger partial charge is 0.469 e. The summed E-state index contributed by atoms with van der Waals surface area (Å²) in [6.45, 7) is 1.64. The number of carbonyl (C=O) groups is 1. The Bertz CT molecular complexity index is 881. The van der Waals surface area contributed by atoms with Crippen molar-refractivity contribution in [1.29, 1.82) is 5.41 Å². The van der Waals surface area contributed by atoms with Gasteiger partial charge in [-0.1, -0.05) is 12.1 Å². The van der Waals surface area contributed by atoms with Gasteiger partial charge in [0.1, 0.15) is 5.84 Å². The van der Waals surface area contributed by atoms with E-state index in [0.29, 0.717) is 18.4 Å². The Hall–Kier alpha value is -3.06. The van der Waals surface area contributed by atoms with Crippen LogP contribution in [0, 0.1) is 5.41 Å². The summed E-state index contributed by atoms with van der Waals surface area (Å²) in [6.07, 6.45) is 1.04. The van der Waals surface area contributed by atoms with E-state index in [4.69, 9.17) is 15.9 Å². The number of nitrogens with two attached hydrogens (primary N) is 1. The van der Waals surface area contributed by atoms with Crippen LogP contribution in [-0.4, -0.2) is 45.0 Å². The second kappa shape index (κ2) is 9.93. The quantitative estimate of drug-likeness (QED) is 0.429. The van der Waals surface area contributed by atoms with Gasteiger partial charge in [0.25, 0.3) is 0 Å². The van der Waals surface area contributed by atoms with Gasteiger partial charge < -0.3 is 20.3 Å². The van der Waals surface area contributed by atoms with Crippen LogP contribution in [0.25, 0.3) is 0 Å². The number of aliphatic imine (C=N–C) groups is 1. The number of amidine groups is 1. The molecule has 2 aromatic carbocycles. The molecule has 1 aliphatic rings. The molecule has 0 aromatic heterocycles.